The molecule has 2 aromatic heterocycles. The van der Waals surface area contributed by atoms with Crippen molar-refractivity contribution in [2.75, 3.05) is 31.6 Å². The Morgan fingerprint density at radius 2 is 1.94 bits per heavy atom. The SMILES string of the molecule is O=C(Nc1ccccc1F)c1n[nH]c2ccc(-c3cncc(CN4CCOCC4)c3)cc12. The minimum absolute atomic E-state index is 0.116. The smallest absolute Gasteiger partial charge is 0.276 e. The molecule has 0 aliphatic carbocycles. The molecule has 3 heterocycles. The summed E-state index contributed by atoms with van der Waals surface area (Å²) in [6.07, 6.45) is 3.69. The first kappa shape index (κ1) is 20.3. The van der Waals surface area contributed by atoms with Crippen molar-refractivity contribution in [2.45, 2.75) is 6.54 Å². The third-order valence-corrected chi connectivity index (χ3v) is 5.54. The van der Waals surface area contributed by atoms with E-state index in [-0.39, 0.29) is 11.4 Å². The van der Waals surface area contributed by atoms with Gasteiger partial charge in [0.15, 0.2) is 5.69 Å². The predicted octanol–water partition coefficient (Wildman–Crippen LogP) is 3.85. The van der Waals surface area contributed by atoms with E-state index >= 15 is 0 Å². The number of morpholine rings is 1. The number of carbonyl (C=O) groups excluding carboxylic acids is 1. The molecule has 162 valence electrons. The second kappa shape index (κ2) is 8.86. The van der Waals surface area contributed by atoms with Crippen LogP contribution in [0.2, 0.25) is 0 Å². The van der Waals surface area contributed by atoms with Gasteiger partial charge < -0.3 is 10.1 Å². The van der Waals surface area contributed by atoms with Crippen molar-refractivity contribution in [1.29, 1.82) is 0 Å². The highest BCUT2D eigenvalue weighted by molar-refractivity contribution is 6.11. The Balaban J connectivity index is 1.42. The zero-order valence-corrected chi connectivity index (χ0v) is 17.3. The van der Waals surface area contributed by atoms with Crippen LogP contribution in [0.5, 0.6) is 0 Å². The summed E-state index contributed by atoms with van der Waals surface area (Å²) in [5.41, 5.74) is 4.06. The molecule has 0 saturated carbocycles. The lowest BCUT2D eigenvalue weighted by atomic mass is 10.0. The van der Waals surface area contributed by atoms with Crippen LogP contribution in [-0.2, 0) is 11.3 Å². The van der Waals surface area contributed by atoms with E-state index < -0.39 is 11.7 Å². The normalized spacial score (nSPS) is 14.5. The molecule has 0 radical (unpaired) electrons. The van der Waals surface area contributed by atoms with Crippen molar-refractivity contribution in [3.05, 3.63) is 78.0 Å². The molecular weight excluding hydrogens is 409 g/mol. The van der Waals surface area contributed by atoms with Crippen LogP contribution in [0.25, 0.3) is 22.0 Å². The summed E-state index contributed by atoms with van der Waals surface area (Å²) in [5, 5.41) is 10.3. The molecule has 0 unspecified atom stereocenters. The van der Waals surface area contributed by atoms with Gasteiger partial charge in [-0.3, -0.25) is 19.8 Å². The summed E-state index contributed by atoms with van der Waals surface area (Å²) in [5.74, 6) is -0.970. The van der Waals surface area contributed by atoms with Gasteiger partial charge in [0, 0.05) is 43.0 Å². The number of anilines is 1. The molecule has 1 saturated heterocycles. The quantitative estimate of drug-likeness (QED) is 0.502. The number of aromatic amines is 1. The minimum atomic E-state index is -0.496. The number of fused-ring (bicyclic) bond motifs is 1. The predicted molar refractivity (Wildman–Crippen MR) is 120 cm³/mol. The van der Waals surface area contributed by atoms with Crippen LogP contribution < -0.4 is 5.32 Å². The minimum Gasteiger partial charge on any atom is -0.379 e. The van der Waals surface area contributed by atoms with Crippen molar-refractivity contribution >= 4 is 22.5 Å². The summed E-state index contributed by atoms with van der Waals surface area (Å²) >= 11 is 0. The van der Waals surface area contributed by atoms with Crippen molar-refractivity contribution in [3.63, 3.8) is 0 Å². The topological polar surface area (TPSA) is 83.1 Å². The number of carbonyl (C=O) groups is 1. The fraction of sp³-hybridized carbons (Fsp3) is 0.208. The van der Waals surface area contributed by atoms with Gasteiger partial charge in [-0.25, -0.2) is 4.39 Å². The maximum atomic E-state index is 13.9. The van der Waals surface area contributed by atoms with Gasteiger partial charge in [0.25, 0.3) is 5.91 Å². The first-order chi connectivity index (χ1) is 15.7. The highest BCUT2D eigenvalue weighted by Gasteiger charge is 2.17. The third-order valence-electron chi connectivity index (χ3n) is 5.54. The number of benzene rings is 2. The Labute approximate surface area is 184 Å². The first-order valence-electron chi connectivity index (χ1n) is 10.5. The van der Waals surface area contributed by atoms with Gasteiger partial charge in [-0.15, -0.1) is 0 Å². The number of pyridine rings is 1. The Morgan fingerprint density at radius 1 is 1.09 bits per heavy atom. The monoisotopic (exact) mass is 431 g/mol. The number of ether oxygens (including phenoxy) is 1. The Kier molecular flexibility index (Phi) is 5.62. The van der Waals surface area contributed by atoms with E-state index in [9.17, 15) is 9.18 Å². The van der Waals surface area contributed by atoms with E-state index in [1.165, 1.54) is 12.1 Å². The van der Waals surface area contributed by atoms with Gasteiger partial charge in [-0.1, -0.05) is 18.2 Å². The molecule has 5 rings (SSSR count). The highest BCUT2D eigenvalue weighted by atomic mass is 19.1. The van der Waals surface area contributed by atoms with E-state index in [1.807, 2.05) is 30.6 Å². The molecular formula is C24H22FN5O2. The second-order valence-electron chi connectivity index (χ2n) is 7.74. The van der Waals surface area contributed by atoms with Crippen LogP contribution in [0.15, 0.2) is 60.9 Å². The number of amides is 1. The van der Waals surface area contributed by atoms with Gasteiger partial charge in [0.2, 0.25) is 0 Å². The average Bonchev–Trinajstić information content (AvgIpc) is 3.25. The summed E-state index contributed by atoms with van der Waals surface area (Å²) in [6.45, 7) is 4.13. The third kappa shape index (κ3) is 4.23. The van der Waals surface area contributed by atoms with E-state index in [0.29, 0.717) is 5.39 Å². The summed E-state index contributed by atoms with van der Waals surface area (Å²) < 4.78 is 19.4. The van der Waals surface area contributed by atoms with Crippen LogP contribution in [0.1, 0.15) is 16.1 Å². The van der Waals surface area contributed by atoms with Gasteiger partial charge in [0.05, 0.1) is 24.4 Å². The zero-order chi connectivity index (χ0) is 21.9. The van der Waals surface area contributed by atoms with Crippen molar-refractivity contribution < 1.29 is 13.9 Å². The summed E-state index contributed by atoms with van der Waals surface area (Å²) in [4.78, 5) is 19.5. The molecule has 1 aliphatic heterocycles. The van der Waals surface area contributed by atoms with Gasteiger partial charge in [-0.05, 0) is 41.5 Å². The summed E-state index contributed by atoms with van der Waals surface area (Å²) in [6, 6.07) is 13.9. The number of hydrogen-bond acceptors (Lipinski definition) is 5. The van der Waals surface area contributed by atoms with Crippen molar-refractivity contribution in [3.8, 4) is 11.1 Å². The zero-order valence-electron chi connectivity index (χ0n) is 17.3. The first-order valence-corrected chi connectivity index (χ1v) is 10.5. The lowest BCUT2D eigenvalue weighted by molar-refractivity contribution is 0.0341. The largest absolute Gasteiger partial charge is 0.379 e. The van der Waals surface area contributed by atoms with Crippen molar-refractivity contribution in [2.24, 2.45) is 0 Å². The molecule has 0 bridgehead atoms. The maximum Gasteiger partial charge on any atom is 0.276 e. The molecule has 1 aliphatic rings. The Bertz CT molecular complexity index is 1270. The van der Waals surface area contributed by atoms with E-state index in [0.717, 1.165) is 55.1 Å². The number of nitrogens with one attached hydrogen (secondary N) is 2. The van der Waals surface area contributed by atoms with E-state index in [1.54, 1.807) is 12.1 Å². The van der Waals surface area contributed by atoms with Gasteiger partial charge >= 0.3 is 0 Å². The molecule has 2 N–H and O–H groups in total. The standard InChI is InChI=1S/C24H22FN5O2/c25-20-3-1-2-4-22(20)27-24(31)23-19-12-17(5-6-21(19)28-29-23)18-11-16(13-26-14-18)15-30-7-9-32-10-8-30/h1-6,11-14H,7-10,15H2,(H,27,31)(H,28,29). The molecule has 1 amide bonds. The van der Waals surface area contributed by atoms with Gasteiger partial charge in [0.1, 0.15) is 5.82 Å². The molecule has 2 aromatic carbocycles. The van der Waals surface area contributed by atoms with E-state index in [4.69, 9.17) is 4.74 Å². The number of halogens is 1. The van der Waals surface area contributed by atoms with Crippen LogP contribution >= 0.6 is 0 Å². The Hall–Kier alpha value is -3.62. The fourth-order valence-electron chi connectivity index (χ4n) is 3.86. The lowest BCUT2D eigenvalue weighted by Crippen LogP contribution is -2.35. The number of aromatic nitrogens is 3. The van der Waals surface area contributed by atoms with Crippen LogP contribution in [0.4, 0.5) is 10.1 Å². The number of H-pyrrole nitrogens is 1. The van der Waals surface area contributed by atoms with Gasteiger partial charge in [-0.2, -0.15) is 5.10 Å². The van der Waals surface area contributed by atoms with Crippen molar-refractivity contribution in [1.82, 2.24) is 20.1 Å². The number of rotatable bonds is 5. The van der Waals surface area contributed by atoms with Crippen LogP contribution in [0, 0.1) is 5.82 Å². The molecule has 1 fully saturated rings. The Morgan fingerprint density at radius 3 is 2.78 bits per heavy atom. The average molecular weight is 431 g/mol. The molecule has 7 nitrogen and oxygen atoms in total. The number of para-hydroxylation sites is 1. The second-order valence-corrected chi connectivity index (χ2v) is 7.74. The summed E-state index contributed by atoms with van der Waals surface area (Å²) in [7, 11) is 0. The molecule has 0 spiro atoms. The number of nitrogens with zero attached hydrogens (tertiary/aromatic N) is 3. The van der Waals surface area contributed by atoms with Crippen LogP contribution in [-0.4, -0.2) is 52.3 Å². The maximum absolute atomic E-state index is 13.9. The lowest BCUT2D eigenvalue weighted by Gasteiger charge is -2.26. The van der Waals surface area contributed by atoms with E-state index in [2.05, 4.69) is 31.5 Å². The fourth-order valence-corrected chi connectivity index (χ4v) is 3.86. The molecule has 32 heavy (non-hydrogen) atoms. The van der Waals surface area contributed by atoms with Crippen LogP contribution in [0.3, 0.4) is 0 Å². The molecule has 0 atom stereocenters. The molecule has 4 aromatic rings. The molecule has 8 heteroatoms. The number of hydrogen-bond donors (Lipinski definition) is 2. The highest BCUT2D eigenvalue weighted by Crippen LogP contribution is 2.26.